The lowest BCUT2D eigenvalue weighted by Gasteiger charge is -2.36. The molecule has 1 aliphatic carbocycles. The van der Waals surface area contributed by atoms with Crippen LogP contribution in [0.15, 0.2) is 65.7 Å². The van der Waals surface area contributed by atoms with Crippen LogP contribution >= 0.6 is 0 Å². The third-order valence-electron chi connectivity index (χ3n) is 6.79. The summed E-state index contributed by atoms with van der Waals surface area (Å²) in [6.45, 7) is 4.67. The number of fused-ring (bicyclic) bond motifs is 1. The van der Waals surface area contributed by atoms with E-state index in [0.717, 1.165) is 43.0 Å². The standard InChI is InChI=1S/C26H30N4O2S/c31-26(30-17-15-29(16-18-30)19-20-5-1-2-6-20)22-10-12-23(13-11-22)28-33(32)24-9-3-7-21-8-4-14-27-25(21)24/h3-4,7-14,20,28H,1-2,5-6,15-19H2. The Labute approximate surface area is 198 Å². The molecule has 1 N–H and O–H groups in total. The third-order valence-corrected chi connectivity index (χ3v) is 7.94. The second-order valence-electron chi connectivity index (χ2n) is 9.02. The number of carbonyl (C=O) groups excluding carboxylic acids is 1. The van der Waals surface area contributed by atoms with E-state index in [2.05, 4.69) is 14.6 Å². The summed E-state index contributed by atoms with van der Waals surface area (Å²) in [5, 5.41) is 0.953. The minimum atomic E-state index is -1.45. The van der Waals surface area contributed by atoms with Crippen molar-refractivity contribution in [1.82, 2.24) is 14.8 Å². The fraction of sp³-hybridized carbons (Fsp3) is 0.385. The first-order chi connectivity index (χ1) is 16.2. The number of rotatable bonds is 6. The van der Waals surface area contributed by atoms with Crippen molar-refractivity contribution >= 4 is 33.9 Å². The van der Waals surface area contributed by atoms with Crippen LogP contribution in [0.3, 0.4) is 0 Å². The van der Waals surface area contributed by atoms with E-state index in [0.29, 0.717) is 16.1 Å². The molecule has 1 amide bonds. The van der Waals surface area contributed by atoms with Gasteiger partial charge in [0, 0.05) is 49.9 Å². The number of nitrogens with one attached hydrogen (secondary N) is 1. The van der Waals surface area contributed by atoms with Crippen LogP contribution in [0.5, 0.6) is 0 Å². The van der Waals surface area contributed by atoms with Crippen molar-refractivity contribution in [2.75, 3.05) is 37.4 Å². The molecule has 1 saturated carbocycles. The van der Waals surface area contributed by atoms with Gasteiger partial charge in [0.1, 0.15) is 16.9 Å². The van der Waals surface area contributed by atoms with E-state index in [1.54, 1.807) is 6.20 Å². The van der Waals surface area contributed by atoms with Crippen molar-refractivity contribution < 1.29 is 9.35 Å². The van der Waals surface area contributed by atoms with Gasteiger partial charge >= 0.3 is 0 Å². The SMILES string of the molecule is O=C(c1ccc(N[S+]([O-])c2cccc3cccnc23)cc1)N1CCN(CC2CCCC2)CC1. The molecule has 0 radical (unpaired) electrons. The molecule has 2 aromatic carbocycles. The van der Waals surface area contributed by atoms with Crippen molar-refractivity contribution in [2.45, 2.75) is 30.6 Å². The number of amides is 1. The highest BCUT2D eigenvalue weighted by Crippen LogP contribution is 2.26. The molecule has 6 nitrogen and oxygen atoms in total. The average molecular weight is 463 g/mol. The summed E-state index contributed by atoms with van der Waals surface area (Å²) in [6, 6.07) is 16.8. The number of nitrogens with zero attached hydrogens (tertiary/aromatic N) is 3. The summed E-state index contributed by atoms with van der Waals surface area (Å²) in [5.41, 5.74) is 2.10. The third kappa shape index (κ3) is 5.16. The number of hydrogen-bond acceptors (Lipinski definition) is 5. The molecule has 1 aliphatic heterocycles. The Bertz CT molecular complexity index is 1090. The Morgan fingerprint density at radius 2 is 1.73 bits per heavy atom. The number of carbonyl (C=O) groups is 1. The Morgan fingerprint density at radius 3 is 2.48 bits per heavy atom. The molecule has 2 heterocycles. The van der Waals surface area contributed by atoms with E-state index in [-0.39, 0.29) is 5.91 Å². The van der Waals surface area contributed by atoms with Crippen molar-refractivity contribution in [3.63, 3.8) is 0 Å². The van der Waals surface area contributed by atoms with Gasteiger partial charge in [0.05, 0.1) is 5.69 Å². The van der Waals surface area contributed by atoms with E-state index in [9.17, 15) is 9.35 Å². The van der Waals surface area contributed by atoms with Gasteiger partial charge in [-0.05, 0) is 55.2 Å². The summed E-state index contributed by atoms with van der Waals surface area (Å²) in [4.78, 5) is 22.5. The minimum Gasteiger partial charge on any atom is -0.588 e. The van der Waals surface area contributed by atoms with Gasteiger partial charge in [-0.25, -0.2) is 4.72 Å². The summed E-state index contributed by atoms with van der Waals surface area (Å²) in [6.07, 6.45) is 7.18. The summed E-state index contributed by atoms with van der Waals surface area (Å²) in [5.74, 6) is 0.920. The molecule has 3 aromatic rings. The van der Waals surface area contributed by atoms with Gasteiger partial charge in [0.15, 0.2) is 0 Å². The van der Waals surface area contributed by atoms with Crippen molar-refractivity contribution in [2.24, 2.45) is 5.92 Å². The van der Waals surface area contributed by atoms with Gasteiger partial charge in [-0.3, -0.25) is 14.7 Å². The Morgan fingerprint density at radius 1 is 1.00 bits per heavy atom. The molecule has 172 valence electrons. The highest BCUT2D eigenvalue weighted by atomic mass is 32.2. The maximum Gasteiger partial charge on any atom is 0.253 e. The van der Waals surface area contributed by atoms with Crippen LogP contribution in [0.1, 0.15) is 36.0 Å². The Hall–Kier alpha value is -2.61. The van der Waals surface area contributed by atoms with Crippen molar-refractivity contribution in [3.05, 3.63) is 66.4 Å². The molecular weight excluding hydrogens is 432 g/mol. The quantitative estimate of drug-likeness (QED) is 0.553. The molecule has 5 rings (SSSR count). The summed E-state index contributed by atoms with van der Waals surface area (Å²) < 4.78 is 16.0. The van der Waals surface area contributed by atoms with Crippen LogP contribution in [0.4, 0.5) is 5.69 Å². The van der Waals surface area contributed by atoms with Crippen LogP contribution in [0, 0.1) is 5.92 Å². The van der Waals surface area contributed by atoms with E-state index >= 15 is 0 Å². The highest BCUT2D eigenvalue weighted by Gasteiger charge is 2.25. The van der Waals surface area contributed by atoms with Gasteiger partial charge in [-0.15, -0.1) is 0 Å². The number of benzene rings is 2. The van der Waals surface area contributed by atoms with Crippen molar-refractivity contribution in [3.8, 4) is 0 Å². The van der Waals surface area contributed by atoms with Crippen LogP contribution in [-0.4, -0.2) is 58.0 Å². The molecule has 0 spiro atoms. The molecule has 33 heavy (non-hydrogen) atoms. The van der Waals surface area contributed by atoms with Gasteiger partial charge in [-0.2, -0.15) is 0 Å². The first kappa shape index (κ1) is 22.2. The zero-order valence-electron chi connectivity index (χ0n) is 18.8. The minimum absolute atomic E-state index is 0.0708. The molecule has 0 bridgehead atoms. The molecule has 1 aromatic heterocycles. The lowest BCUT2D eigenvalue weighted by molar-refractivity contribution is 0.0618. The largest absolute Gasteiger partial charge is 0.588 e. The van der Waals surface area contributed by atoms with Gasteiger partial charge in [0.25, 0.3) is 5.91 Å². The summed E-state index contributed by atoms with van der Waals surface area (Å²) in [7, 11) is 0. The van der Waals surface area contributed by atoms with E-state index in [1.165, 1.54) is 32.2 Å². The molecule has 1 saturated heterocycles. The number of pyridine rings is 1. The molecule has 1 unspecified atom stereocenters. The van der Waals surface area contributed by atoms with E-state index in [4.69, 9.17) is 0 Å². The van der Waals surface area contributed by atoms with Crippen LogP contribution in [0.25, 0.3) is 10.9 Å². The predicted molar refractivity (Wildman–Crippen MR) is 133 cm³/mol. The molecule has 2 fully saturated rings. The van der Waals surface area contributed by atoms with Crippen LogP contribution < -0.4 is 4.72 Å². The zero-order chi connectivity index (χ0) is 22.6. The fourth-order valence-electron chi connectivity index (χ4n) is 4.94. The number of para-hydroxylation sites is 1. The van der Waals surface area contributed by atoms with E-state index in [1.807, 2.05) is 59.5 Å². The monoisotopic (exact) mass is 462 g/mol. The normalized spacial score (nSPS) is 18.5. The number of piperazine rings is 1. The zero-order valence-corrected chi connectivity index (χ0v) is 19.6. The topological polar surface area (TPSA) is 71.5 Å². The fourth-order valence-corrected chi connectivity index (χ4v) is 5.95. The van der Waals surface area contributed by atoms with Gasteiger partial charge in [-0.1, -0.05) is 31.0 Å². The average Bonchev–Trinajstić information content (AvgIpc) is 3.37. The number of anilines is 1. The van der Waals surface area contributed by atoms with Gasteiger partial charge in [0.2, 0.25) is 4.90 Å². The lowest BCUT2D eigenvalue weighted by atomic mass is 10.1. The second-order valence-corrected chi connectivity index (χ2v) is 10.2. The maximum absolute atomic E-state index is 13.0. The maximum atomic E-state index is 13.0. The van der Waals surface area contributed by atoms with Crippen LogP contribution in [0.2, 0.25) is 0 Å². The van der Waals surface area contributed by atoms with E-state index < -0.39 is 11.4 Å². The Balaban J connectivity index is 1.17. The number of aromatic nitrogens is 1. The second kappa shape index (κ2) is 10.1. The number of hydrogen-bond donors (Lipinski definition) is 1. The highest BCUT2D eigenvalue weighted by molar-refractivity contribution is 7.93. The molecule has 2 aliphatic rings. The Kier molecular flexibility index (Phi) is 6.80. The molecule has 1 atom stereocenters. The first-order valence-corrected chi connectivity index (χ1v) is 13.0. The first-order valence-electron chi connectivity index (χ1n) is 11.8. The smallest absolute Gasteiger partial charge is 0.253 e. The predicted octanol–water partition coefficient (Wildman–Crippen LogP) is 4.32. The molecular formula is C26H30N4O2S. The van der Waals surface area contributed by atoms with Crippen molar-refractivity contribution in [1.29, 1.82) is 0 Å². The van der Waals surface area contributed by atoms with Crippen LogP contribution in [-0.2, 0) is 11.4 Å². The molecule has 7 heteroatoms. The summed E-state index contributed by atoms with van der Waals surface area (Å²) >= 11 is -1.45. The lowest BCUT2D eigenvalue weighted by Crippen LogP contribution is -2.49. The van der Waals surface area contributed by atoms with Gasteiger partial charge < -0.3 is 9.45 Å².